The first-order valence-corrected chi connectivity index (χ1v) is 4.42. The van der Waals surface area contributed by atoms with Gasteiger partial charge in [-0.05, 0) is 32.6 Å². The number of carbonyl (C=O) groups is 2. The van der Waals surface area contributed by atoms with Crippen LogP contribution in [0, 0.1) is 11.3 Å². The van der Waals surface area contributed by atoms with E-state index in [2.05, 4.69) is 0 Å². The fourth-order valence-corrected chi connectivity index (χ4v) is 1.72. The highest BCUT2D eigenvalue weighted by atomic mass is 16.4. The van der Waals surface area contributed by atoms with Gasteiger partial charge in [0.25, 0.3) is 0 Å². The number of hydrogen-bond donors (Lipinski definition) is 2. The summed E-state index contributed by atoms with van der Waals surface area (Å²) in [5, 5.41) is 17.6. The number of aliphatic carboxylic acids is 2. The summed E-state index contributed by atoms with van der Waals surface area (Å²) in [5.41, 5.74) is -0.702. The van der Waals surface area contributed by atoms with Crippen LogP contribution in [0.4, 0.5) is 0 Å². The largest absolute Gasteiger partial charge is 0.481 e. The Hall–Kier alpha value is -1.06. The SMILES string of the molecule is C[C@]1(C(=O)O)CC[C@@H](C(=O)O)CC1. The Balaban J connectivity index is 2.56. The molecule has 0 spiro atoms. The van der Waals surface area contributed by atoms with Crippen molar-refractivity contribution in [2.75, 3.05) is 0 Å². The number of rotatable bonds is 2. The van der Waals surface area contributed by atoms with Crippen LogP contribution in [0.5, 0.6) is 0 Å². The molecule has 0 aromatic carbocycles. The molecule has 4 heteroatoms. The minimum absolute atomic E-state index is 0.340. The average molecular weight is 186 g/mol. The van der Waals surface area contributed by atoms with Gasteiger partial charge < -0.3 is 10.2 Å². The van der Waals surface area contributed by atoms with E-state index in [9.17, 15) is 9.59 Å². The summed E-state index contributed by atoms with van der Waals surface area (Å²) in [6.07, 6.45) is 1.91. The zero-order valence-electron chi connectivity index (χ0n) is 7.62. The quantitative estimate of drug-likeness (QED) is 0.682. The molecular formula is C9H14O4. The van der Waals surface area contributed by atoms with Gasteiger partial charge in [0.2, 0.25) is 0 Å². The number of hydrogen-bond acceptors (Lipinski definition) is 2. The second-order valence-corrected chi connectivity index (χ2v) is 3.98. The molecule has 1 fully saturated rings. The molecule has 1 aliphatic carbocycles. The second kappa shape index (κ2) is 3.36. The van der Waals surface area contributed by atoms with Gasteiger partial charge in [0.15, 0.2) is 0 Å². The first-order chi connectivity index (χ1) is 5.96. The molecule has 4 nitrogen and oxygen atoms in total. The zero-order chi connectivity index (χ0) is 10.1. The summed E-state index contributed by atoms with van der Waals surface area (Å²) >= 11 is 0. The van der Waals surface area contributed by atoms with Crippen molar-refractivity contribution in [2.45, 2.75) is 32.6 Å². The van der Waals surface area contributed by atoms with E-state index in [-0.39, 0.29) is 5.92 Å². The van der Waals surface area contributed by atoms with Crippen LogP contribution in [0.1, 0.15) is 32.6 Å². The molecule has 0 bridgehead atoms. The highest BCUT2D eigenvalue weighted by molar-refractivity contribution is 5.75. The van der Waals surface area contributed by atoms with E-state index in [1.807, 2.05) is 0 Å². The standard InChI is InChI=1S/C9H14O4/c1-9(8(12)13)4-2-6(3-5-9)7(10)11/h6H,2-5H2,1H3,(H,10,11)(H,12,13)/t6-,9+. The lowest BCUT2D eigenvalue weighted by Crippen LogP contribution is -2.34. The molecule has 0 saturated heterocycles. The van der Waals surface area contributed by atoms with Gasteiger partial charge in [-0.1, -0.05) is 0 Å². The third-order valence-corrected chi connectivity index (χ3v) is 2.95. The summed E-state index contributed by atoms with van der Waals surface area (Å²) in [7, 11) is 0. The van der Waals surface area contributed by atoms with Crippen molar-refractivity contribution in [1.29, 1.82) is 0 Å². The molecule has 2 N–H and O–H groups in total. The maximum absolute atomic E-state index is 10.8. The van der Waals surface area contributed by atoms with Gasteiger partial charge in [0.05, 0.1) is 11.3 Å². The van der Waals surface area contributed by atoms with E-state index >= 15 is 0 Å². The van der Waals surface area contributed by atoms with Crippen LogP contribution in [0.2, 0.25) is 0 Å². The van der Waals surface area contributed by atoms with Crippen molar-refractivity contribution in [1.82, 2.24) is 0 Å². The van der Waals surface area contributed by atoms with Crippen LogP contribution in [0.15, 0.2) is 0 Å². The maximum atomic E-state index is 10.8. The third kappa shape index (κ3) is 1.99. The van der Waals surface area contributed by atoms with E-state index < -0.39 is 17.4 Å². The van der Waals surface area contributed by atoms with Crippen LogP contribution < -0.4 is 0 Å². The minimum Gasteiger partial charge on any atom is -0.481 e. The maximum Gasteiger partial charge on any atom is 0.309 e. The minimum atomic E-state index is -0.809. The Kier molecular flexibility index (Phi) is 2.59. The predicted molar refractivity (Wildman–Crippen MR) is 45.3 cm³/mol. The molecule has 0 aromatic heterocycles. The number of carboxylic acids is 2. The van der Waals surface area contributed by atoms with Gasteiger partial charge in [-0.25, -0.2) is 0 Å². The smallest absolute Gasteiger partial charge is 0.309 e. The van der Waals surface area contributed by atoms with Crippen LogP contribution in [-0.2, 0) is 9.59 Å². The fraction of sp³-hybridized carbons (Fsp3) is 0.778. The molecule has 0 amide bonds. The molecule has 0 radical (unpaired) electrons. The third-order valence-electron chi connectivity index (χ3n) is 2.95. The van der Waals surface area contributed by atoms with Gasteiger partial charge in [0.1, 0.15) is 0 Å². The molecule has 1 rings (SSSR count). The number of carboxylic acid groups (broad SMARTS) is 2. The molecule has 1 saturated carbocycles. The Morgan fingerprint density at radius 3 is 2.00 bits per heavy atom. The van der Waals surface area contributed by atoms with Gasteiger partial charge in [-0.3, -0.25) is 9.59 Å². The molecule has 13 heavy (non-hydrogen) atoms. The van der Waals surface area contributed by atoms with Crippen molar-refractivity contribution in [3.8, 4) is 0 Å². The molecule has 1 aliphatic rings. The Bertz CT molecular complexity index is 226. The average Bonchev–Trinajstić information content (AvgIpc) is 2.04. The van der Waals surface area contributed by atoms with Gasteiger partial charge in [0, 0.05) is 0 Å². The Morgan fingerprint density at radius 2 is 1.69 bits per heavy atom. The van der Waals surface area contributed by atoms with Crippen molar-refractivity contribution in [3.63, 3.8) is 0 Å². The monoisotopic (exact) mass is 186 g/mol. The molecule has 0 unspecified atom stereocenters. The molecule has 0 aliphatic heterocycles. The predicted octanol–water partition coefficient (Wildman–Crippen LogP) is 1.35. The van der Waals surface area contributed by atoms with Crippen LogP contribution in [0.3, 0.4) is 0 Å². The van der Waals surface area contributed by atoms with E-state index in [0.717, 1.165) is 0 Å². The lowest BCUT2D eigenvalue weighted by atomic mass is 9.72. The highest BCUT2D eigenvalue weighted by Gasteiger charge is 2.39. The van der Waals surface area contributed by atoms with Gasteiger partial charge in [-0.15, -0.1) is 0 Å². The Morgan fingerprint density at radius 1 is 1.23 bits per heavy atom. The van der Waals surface area contributed by atoms with E-state index in [1.165, 1.54) is 0 Å². The normalized spacial score (nSPS) is 34.1. The summed E-state index contributed by atoms with van der Waals surface area (Å²) in [6.45, 7) is 1.69. The van der Waals surface area contributed by atoms with Gasteiger partial charge >= 0.3 is 11.9 Å². The van der Waals surface area contributed by atoms with E-state index in [1.54, 1.807) is 6.92 Å². The van der Waals surface area contributed by atoms with E-state index in [4.69, 9.17) is 10.2 Å². The van der Waals surface area contributed by atoms with Gasteiger partial charge in [-0.2, -0.15) is 0 Å². The lowest BCUT2D eigenvalue weighted by molar-refractivity contribution is -0.154. The molecule has 0 aromatic rings. The van der Waals surface area contributed by atoms with Crippen molar-refractivity contribution in [2.24, 2.45) is 11.3 Å². The topological polar surface area (TPSA) is 74.6 Å². The first kappa shape index (κ1) is 10.0. The lowest BCUT2D eigenvalue weighted by Gasteiger charge is -2.31. The fourth-order valence-electron chi connectivity index (χ4n) is 1.72. The zero-order valence-corrected chi connectivity index (χ0v) is 7.62. The molecule has 0 atom stereocenters. The van der Waals surface area contributed by atoms with E-state index in [0.29, 0.717) is 25.7 Å². The van der Waals surface area contributed by atoms with Crippen LogP contribution in [0.25, 0.3) is 0 Å². The summed E-state index contributed by atoms with van der Waals surface area (Å²) in [5.74, 6) is -1.95. The van der Waals surface area contributed by atoms with Crippen molar-refractivity contribution >= 4 is 11.9 Å². The second-order valence-electron chi connectivity index (χ2n) is 3.98. The highest BCUT2D eigenvalue weighted by Crippen LogP contribution is 2.38. The summed E-state index contributed by atoms with van der Waals surface area (Å²) in [6, 6.07) is 0. The summed E-state index contributed by atoms with van der Waals surface area (Å²) in [4.78, 5) is 21.4. The van der Waals surface area contributed by atoms with Crippen molar-refractivity contribution in [3.05, 3.63) is 0 Å². The van der Waals surface area contributed by atoms with Crippen molar-refractivity contribution < 1.29 is 19.8 Å². The summed E-state index contributed by atoms with van der Waals surface area (Å²) < 4.78 is 0. The van der Waals surface area contributed by atoms with Crippen LogP contribution in [-0.4, -0.2) is 22.2 Å². The molecule has 0 heterocycles. The molecular weight excluding hydrogens is 172 g/mol. The molecule has 74 valence electrons. The van der Waals surface area contributed by atoms with Crippen LogP contribution >= 0.6 is 0 Å². The Labute approximate surface area is 76.6 Å². The first-order valence-electron chi connectivity index (χ1n) is 4.42.